The number of rotatable bonds is 4. The summed E-state index contributed by atoms with van der Waals surface area (Å²) < 4.78 is 6.38. The summed E-state index contributed by atoms with van der Waals surface area (Å²) in [6.07, 6.45) is 0.652. The Morgan fingerprint density at radius 2 is 2.14 bits per heavy atom. The summed E-state index contributed by atoms with van der Waals surface area (Å²) in [5.74, 6) is 0.767. The lowest BCUT2D eigenvalue weighted by molar-refractivity contribution is 0.0943. The van der Waals surface area contributed by atoms with E-state index in [2.05, 4.69) is 5.32 Å². The molecular formula is C16H14ClNO2S. The summed E-state index contributed by atoms with van der Waals surface area (Å²) in [6, 6.07) is 13.3. The van der Waals surface area contributed by atoms with Crippen LogP contribution < -0.4 is 5.32 Å². The first-order chi connectivity index (χ1) is 10.1. The zero-order valence-electron chi connectivity index (χ0n) is 11.4. The summed E-state index contributed by atoms with van der Waals surface area (Å²) in [5, 5.41) is 4.03. The minimum absolute atomic E-state index is 0.0149. The van der Waals surface area contributed by atoms with Gasteiger partial charge < -0.3 is 9.73 Å². The highest BCUT2D eigenvalue weighted by molar-refractivity contribution is 7.17. The molecule has 3 rings (SSSR count). The maximum absolute atomic E-state index is 12.0. The second-order valence-corrected chi connectivity index (χ2v) is 6.65. The Morgan fingerprint density at radius 3 is 2.86 bits per heavy atom. The molecule has 108 valence electrons. The van der Waals surface area contributed by atoms with E-state index in [1.54, 1.807) is 12.1 Å². The SMILES string of the molecule is C[C@@H](Cc1cc2ccccc2o1)NC(=O)c1ccc(Cl)s1. The van der Waals surface area contributed by atoms with Crippen LogP contribution >= 0.6 is 22.9 Å². The lowest BCUT2D eigenvalue weighted by Gasteiger charge is -2.11. The first-order valence-electron chi connectivity index (χ1n) is 6.65. The molecule has 3 nitrogen and oxygen atoms in total. The average Bonchev–Trinajstić information content (AvgIpc) is 3.03. The number of halogens is 1. The molecule has 2 aromatic heterocycles. The smallest absolute Gasteiger partial charge is 0.261 e. The van der Waals surface area contributed by atoms with Crippen LogP contribution in [0.15, 0.2) is 46.9 Å². The van der Waals surface area contributed by atoms with Gasteiger partial charge in [-0.3, -0.25) is 4.79 Å². The average molecular weight is 320 g/mol. The number of carbonyl (C=O) groups excluding carboxylic acids is 1. The molecule has 0 unspecified atom stereocenters. The van der Waals surface area contributed by atoms with Gasteiger partial charge in [-0.05, 0) is 31.2 Å². The number of para-hydroxylation sites is 1. The Balaban J connectivity index is 1.65. The number of hydrogen-bond donors (Lipinski definition) is 1. The van der Waals surface area contributed by atoms with Gasteiger partial charge in [-0.2, -0.15) is 0 Å². The molecule has 0 fully saturated rings. The fraction of sp³-hybridized carbons (Fsp3) is 0.188. The highest BCUT2D eigenvalue weighted by Gasteiger charge is 2.14. The van der Waals surface area contributed by atoms with Crippen LogP contribution in [0, 0.1) is 0 Å². The Labute approximate surface area is 131 Å². The van der Waals surface area contributed by atoms with Crippen molar-refractivity contribution in [1.29, 1.82) is 0 Å². The van der Waals surface area contributed by atoms with Crippen LogP contribution in [0.1, 0.15) is 22.4 Å². The number of carbonyl (C=O) groups is 1. The van der Waals surface area contributed by atoms with Crippen molar-refractivity contribution in [3.05, 3.63) is 57.4 Å². The van der Waals surface area contributed by atoms with Crippen molar-refractivity contribution >= 4 is 39.8 Å². The molecule has 0 aliphatic rings. The van der Waals surface area contributed by atoms with E-state index >= 15 is 0 Å². The lowest BCUT2D eigenvalue weighted by atomic mass is 10.2. The molecule has 5 heteroatoms. The van der Waals surface area contributed by atoms with Crippen molar-refractivity contribution in [2.75, 3.05) is 0 Å². The van der Waals surface area contributed by atoms with Gasteiger partial charge in [0.2, 0.25) is 0 Å². The number of thiophene rings is 1. The van der Waals surface area contributed by atoms with Crippen LogP contribution in [-0.2, 0) is 6.42 Å². The van der Waals surface area contributed by atoms with Crippen LogP contribution in [0.3, 0.4) is 0 Å². The third-order valence-corrected chi connectivity index (χ3v) is 4.39. The van der Waals surface area contributed by atoms with E-state index in [4.69, 9.17) is 16.0 Å². The summed E-state index contributed by atoms with van der Waals surface area (Å²) in [6.45, 7) is 1.96. The summed E-state index contributed by atoms with van der Waals surface area (Å²) in [4.78, 5) is 12.7. The molecule has 0 radical (unpaired) electrons. The van der Waals surface area contributed by atoms with Crippen molar-refractivity contribution in [3.8, 4) is 0 Å². The van der Waals surface area contributed by atoms with E-state index in [0.29, 0.717) is 15.6 Å². The second-order valence-electron chi connectivity index (χ2n) is 4.93. The van der Waals surface area contributed by atoms with E-state index in [1.165, 1.54) is 11.3 Å². The largest absolute Gasteiger partial charge is 0.461 e. The Morgan fingerprint density at radius 1 is 1.33 bits per heavy atom. The van der Waals surface area contributed by atoms with Gasteiger partial charge in [0.25, 0.3) is 5.91 Å². The fourth-order valence-electron chi connectivity index (χ4n) is 2.22. The molecule has 1 amide bonds. The second kappa shape index (κ2) is 5.92. The third-order valence-electron chi connectivity index (χ3n) is 3.16. The molecule has 0 saturated carbocycles. The van der Waals surface area contributed by atoms with Gasteiger partial charge >= 0.3 is 0 Å². The molecule has 3 aromatic rings. The molecule has 1 atom stereocenters. The topological polar surface area (TPSA) is 42.2 Å². The van der Waals surface area contributed by atoms with Crippen molar-refractivity contribution < 1.29 is 9.21 Å². The van der Waals surface area contributed by atoms with Gasteiger partial charge in [0.1, 0.15) is 11.3 Å². The molecule has 21 heavy (non-hydrogen) atoms. The van der Waals surface area contributed by atoms with E-state index < -0.39 is 0 Å². The summed E-state index contributed by atoms with van der Waals surface area (Å²) >= 11 is 7.12. The monoisotopic (exact) mass is 319 g/mol. The molecule has 0 bridgehead atoms. The molecule has 0 saturated heterocycles. The molecule has 1 N–H and O–H groups in total. The number of nitrogens with one attached hydrogen (secondary N) is 1. The van der Waals surface area contributed by atoms with E-state index in [-0.39, 0.29) is 11.9 Å². The van der Waals surface area contributed by atoms with Crippen LogP contribution in [0.5, 0.6) is 0 Å². The number of hydrogen-bond acceptors (Lipinski definition) is 3. The summed E-state index contributed by atoms with van der Waals surface area (Å²) in [5.41, 5.74) is 0.871. The predicted molar refractivity (Wildman–Crippen MR) is 86.2 cm³/mol. The van der Waals surface area contributed by atoms with Gasteiger partial charge in [0.15, 0.2) is 0 Å². The molecular weight excluding hydrogens is 306 g/mol. The lowest BCUT2D eigenvalue weighted by Crippen LogP contribution is -2.33. The predicted octanol–water partition coefficient (Wildman–Crippen LogP) is 4.51. The number of amides is 1. The summed E-state index contributed by atoms with van der Waals surface area (Å²) in [7, 11) is 0. The van der Waals surface area contributed by atoms with Gasteiger partial charge in [-0.15, -0.1) is 11.3 Å². The van der Waals surface area contributed by atoms with Crippen molar-refractivity contribution in [2.45, 2.75) is 19.4 Å². The van der Waals surface area contributed by atoms with Crippen molar-refractivity contribution in [3.63, 3.8) is 0 Å². The zero-order valence-corrected chi connectivity index (χ0v) is 13.0. The van der Waals surface area contributed by atoms with Crippen molar-refractivity contribution in [1.82, 2.24) is 5.32 Å². The van der Waals surface area contributed by atoms with Crippen LogP contribution in [0.25, 0.3) is 11.0 Å². The molecule has 0 spiro atoms. The molecule has 1 aromatic carbocycles. The van der Waals surface area contributed by atoms with Crippen molar-refractivity contribution in [2.24, 2.45) is 0 Å². The first-order valence-corrected chi connectivity index (χ1v) is 7.85. The minimum atomic E-state index is -0.101. The fourth-order valence-corrected chi connectivity index (χ4v) is 3.17. The highest BCUT2D eigenvalue weighted by atomic mass is 35.5. The maximum Gasteiger partial charge on any atom is 0.261 e. The van der Waals surface area contributed by atoms with Crippen LogP contribution in [-0.4, -0.2) is 11.9 Å². The van der Waals surface area contributed by atoms with E-state index in [1.807, 2.05) is 37.3 Å². The third kappa shape index (κ3) is 3.28. The quantitative estimate of drug-likeness (QED) is 0.769. The maximum atomic E-state index is 12.0. The Bertz CT molecular complexity index is 744. The highest BCUT2D eigenvalue weighted by Crippen LogP contribution is 2.22. The van der Waals surface area contributed by atoms with Gasteiger partial charge in [0.05, 0.1) is 9.21 Å². The zero-order chi connectivity index (χ0) is 14.8. The standard InChI is InChI=1S/C16H14ClNO2S/c1-10(18-16(19)14-6-7-15(17)21-14)8-12-9-11-4-2-3-5-13(11)20-12/h2-7,9-10H,8H2,1H3,(H,18,19)/t10-/m0/s1. The number of furan rings is 1. The molecule has 0 aliphatic carbocycles. The molecule has 0 aliphatic heterocycles. The Kier molecular flexibility index (Phi) is 3.99. The van der Waals surface area contributed by atoms with E-state index in [9.17, 15) is 4.79 Å². The van der Waals surface area contributed by atoms with Gasteiger partial charge in [0, 0.05) is 17.8 Å². The van der Waals surface area contributed by atoms with E-state index in [0.717, 1.165) is 16.7 Å². The Hall–Kier alpha value is -1.78. The van der Waals surface area contributed by atoms with Gasteiger partial charge in [-0.25, -0.2) is 0 Å². The number of fused-ring (bicyclic) bond motifs is 1. The first kappa shape index (κ1) is 14.2. The van der Waals surface area contributed by atoms with Gasteiger partial charge in [-0.1, -0.05) is 29.8 Å². The minimum Gasteiger partial charge on any atom is -0.461 e. The number of benzene rings is 1. The van der Waals surface area contributed by atoms with Crippen LogP contribution in [0.4, 0.5) is 0 Å². The van der Waals surface area contributed by atoms with Crippen LogP contribution in [0.2, 0.25) is 4.34 Å². The molecule has 2 heterocycles. The normalized spacial score (nSPS) is 12.5.